The quantitative estimate of drug-likeness (QED) is 0.618. The highest BCUT2D eigenvalue weighted by atomic mass is 35.5. The van der Waals surface area contributed by atoms with Crippen molar-refractivity contribution in [2.45, 2.75) is 18.7 Å². The predicted octanol–water partition coefficient (Wildman–Crippen LogP) is 4.43. The molecule has 12 heavy (non-hydrogen) atoms. The predicted molar refractivity (Wildman–Crippen MR) is 55.4 cm³/mol. The third-order valence-electron chi connectivity index (χ3n) is 1.66. The van der Waals surface area contributed by atoms with Crippen LogP contribution in [0, 0.1) is 13.8 Å². The van der Waals surface area contributed by atoms with Crippen molar-refractivity contribution >= 4 is 34.8 Å². The smallest absolute Gasteiger partial charge is 0.100 e. The summed E-state index contributed by atoms with van der Waals surface area (Å²) in [6.45, 7) is 3.93. The summed E-state index contributed by atoms with van der Waals surface area (Å²) >= 11 is 17.5. The van der Waals surface area contributed by atoms with Crippen LogP contribution in [0.2, 0.25) is 5.02 Å². The Kier molecular flexibility index (Phi) is 3.28. The van der Waals surface area contributed by atoms with Gasteiger partial charge in [-0.3, -0.25) is 0 Å². The molecule has 3 heteroatoms. The van der Waals surface area contributed by atoms with Crippen molar-refractivity contribution in [3.8, 4) is 0 Å². The van der Waals surface area contributed by atoms with E-state index >= 15 is 0 Å². The molecular weight excluding hydrogens is 214 g/mol. The van der Waals surface area contributed by atoms with E-state index < -0.39 is 4.84 Å². The topological polar surface area (TPSA) is 0 Å². The summed E-state index contributed by atoms with van der Waals surface area (Å²) in [5.74, 6) is 0. The lowest BCUT2D eigenvalue weighted by Crippen LogP contribution is -1.88. The molecule has 0 N–H and O–H groups in total. The maximum atomic E-state index is 5.99. The van der Waals surface area contributed by atoms with Crippen LogP contribution in [0.1, 0.15) is 21.5 Å². The van der Waals surface area contributed by atoms with Gasteiger partial charge in [0.25, 0.3) is 0 Å². The number of aryl methyl sites for hydroxylation is 2. The van der Waals surface area contributed by atoms with E-state index in [2.05, 4.69) is 0 Å². The number of alkyl halides is 2. The van der Waals surface area contributed by atoms with E-state index in [0.29, 0.717) is 5.02 Å². The van der Waals surface area contributed by atoms with Gasteiger partial charge in [-0.1, -0.05) is 29.3 Å². The maximum absolute atomic E-state index is 5.99. The van der Waals surface area contributed by atoms with Gasteiger partial charge in [0.2, 0.25) is 0 Å². The SMILES string of the molecule is Cc1cc(C)c(Cl)c(C(Cl)Cl)c1. The fourth-order valence-corrected chi connectivity index (χ4v) is 1.82. The van der Waals surface area contributed by atoms with Gasteiger partial charge in [-0.15, -0.1) is 23.2 Å². The molecule has 0 unspecified atom stereocenters. The van der Waals surface area contributed by atoms with Gasteiger partial charge in [0, 0.05) is 10.6 Å². The van der Waals surface area contributed by atoms with Crippen LogP contribution >= 0.6 is 34.8 Å². The second-order valence-corrected chi connectivity index (χ2v) is 4.26. The Bertz CT molecular complexity index is 292. The van der Waals surface area contributed by atoms with Crippen molar-refractivity contribution in [2.75, 3.05) is 0 Å². The fraction of sp³-hybridized carbons (Fsp3) is 0.333. The van der Waals surface area contributed by atoms with Gasteiger partial charge in [0.15, 0.2) is 0 Å². The second kappa shape index (κ2) is 3.87. The number of benzene rings is 1. The molecule has 0 heterocycles. The van der Waals surface area contributed by atoms with E-state index in [9.17, 15) is 0 Å². The molecule has 0 atom stereocenters. The molecule has 0 saturated heterocycles. The van der Waals surface area contributed by atoms with Gasteiger partial charge in [-0.05, 0) is 19.4 Å². The molecule has 0 aliphatic heterocycles. The Balaban J connectivity index is 3.28. The Hall–Kier alpha value is 0.0900. The van der Waals surface area contributed by atoms with Crippen molar-refractivity contribution in [1.82, 2.24) is 0 Å². The second-order valence-electron chi connectivity index (χ2n) is 2.79. The molecule has 0 aliphatic rings. The minimum Gasteiger partial charge on any atom is -0.100 e. The van der Waals surface area contributed by atoms with E-state index in [0.717, 1.165) is 16.7 Å². The lowest BCUT2D eigenvalue weighted by molar-refractivity contribution is 1.27. The van der Waals surface area contributed by atoms with Crippen molar-refractivity contribution in [3.05, 3.63) is 33.8 Å². The van der Waals surface area contributed by atoms with Crippen molar-refractivity contribution in [3.63, 3.8) is 0 Å². The summed E-state index contributed by atoms with van der Waals surface area (Å²) in [4.78, 5) is -0.545. The first-order valence-electron chi connectivity index (χ1n) is 3.57. The number of halogens is 3. The largest absolute Gasteiger partial charge is 0.134 e. The lowest BCUT2D eigenvalue weighted by atomic mass is 10.1. The third-order valence-corrected chi connectivity index (χ3v) is 2.65. The Morgan fingerprint density at radius 1 is 1.17 bits per heavy atom. The van der Waals surface area contributed by atoms with E-state index in [-0.39, 0.29) is 0 Å². The number of rotatable bonds is 1. The highest BCUT2D eigenvalue weighted by molar-refractivity contribution is 6.45. The Labute approximate surface area is 87.4 Å². The van der Waals surface area contributed by atoms with Gasteiger partial charge in [0.05, 0.1) is 0 Å². The van der Waals surface area contributed by atoms with Crippen molar-refractivity contribution in [2.24, 2.45) is 0 Å². The van der Waals surface area contributed by atoms with Crippen LogP contribution < -0.4 is 0 Å². The average molecular weight is 224 g/mol. The van der Waals surface area contributed by atoms with E-state index in [1.54, 1.807) is 0 Å². The van der Waals surface area contributed by atoms with Crippen LogP contribution in [0.3, 0.4) is 0 Å². The van der Waals surface area contributed by atoms with Gasteiger partial charge >= 0.3 is 0 Å². The van der Waals surface area contributed by atoms with Crippen molar-refractivity contribution < 1.29 is 0 Å². The van der Waals surface area contributed by atoms with Gasteiger partial charge < -0.3 is 0 Å². The molecule has 0 spiro atoms. The van der Waals surface area contributed by atoms with E-state index in [4.69, 9.17) is 34.8 Å². The third kappa shape index (κ3) is 2.07. The van der Waals surface area contributed by atoms with Crippen LogP contribution in [-0.4, -0.2) is 0 Å². The van der Waals surface area contributed by atoms with Crippen LogP contribution in [0.4, 0.5) is 0 Å². The number of hydrogen-bond acceptors (Lipinski definition) is 0. The highest BCUT2D eigenvalue weighted by Gasteiger charge is 2.10. The van der Waals surface area contributed by atoms with Gasteiger partial charge in [0.1, 0.15) is 4.84 Å². The summed E-state index contributed by atoms with van der Waals surface area (Å²) < 4.78 is 0. The summed E-state index contributed by atoms with van der Waals surface area (Å²) in [5.41, 5.74) is 2.92. The first-order valence-corrected chi connectivity index (χ1v) is 4.82. The van der Waals surface area contributed by atoms with Gasteiger partial charge in [-0.2, -0.15) is 0 Å². The Morgan fingerprint density at radius 3 is 2.25 bits per heavy atom. The van der Waals surface area contributed by atoms with Gasteiger partial charge in [-0.25, -0.2) is 0 Å². The minimum atomic E-state index is -0.545. The van der Waals surface area contributed by atoms with Crippen molar-refractivity contribution in [1.29, 1.82) is 0 Å². The molecule has 0 saturated carbocycles. The molecule has 0 aromatic heterocycles. The maximum Gasteiger partial charge on any atom is 0.134 e. The summed E-state index contributed by atoms with van der Waals surface area (Å²) in [6.07, 6.45) is 0. The molecule has 0 amide bonds. The molecule has 1 rings (SSSR count). The molecule has 0 nitrogen and oxygen atoms in total. The van der Waals surface area contributed by atoms with E-state index in [1.807, 2.05) is 26.0 Å². The lowest BCUT2D eigenvalue weighted by Gasteiger charge is -2.08. The standard InChI is InChI=1S/C9H9Cl3/c1-5-3-6(2)8(10)7(4-5)9(11)12/h3-4,9H,1-2H3. The zero-order chi connectivity index (χ0) is 9.30. The minimum absolute atomic E-state index is 0.545. The summed E-state index contributed by atoms with van der Waals surface area (Å²) in [5, 5.41) is 0.663. The van der Waals surface area contributed by atoms with E-state index in [1.165, 1.54) is 0 Å². The summed E-state index contributed by atoms with van der Waals surface area (Å²) in [7, 11) is 0. The normalized spacial score (nSPS) is 10.8. The van der Waals surface area contributed by atoms with Crippen LogP contribution in [0.25, 0.3) is 0 Å². The molecule has 1 aromatic rings. The first kappa shape index (κ1) is 10.2. The zero-order valence-corrected chi connectivity index (χ0v) is 9.13. The fourth-order valence-electron chi connectivity index (χ4n) is 1.14. The molecule has 66 valence electrons. The van der Waals surface area contributed by atoms with Crippen LogP contribution in [0.15, 0.2) is 12.1 Å². The van der Waals surface area contributed by atoms with Crippen LogP contribution in [0.5, 0.6) is 0 Å². The van der Waals surface area contributed by atoms with Crippen LogP contribution in [-0.2, 0) is 0 Å². The average Bonchev–Trinajstić information content (AvgIpc) is 1.96. The molecule has 1 aromatic carbocycles. The Morgan fingerprint density at radius 2 is 1.75 bits per heavy atom. The molecule has 0 radical (unpaired) electrons. The summed E-state index contributed by atoms with van der Waals surface area (Å²) in [6, 6.07) is 3.90. The first-order chi connectivity index (χ1) is 5.52. The molecular formula is C9H9Cl3. The molecule has 0 bridgehead atoms. The monoisotopic (exact) mass is 222 g/mol. The zero-order valence-electron chi connectivity index (χ0n) is 6.87. The highest BCUT2D eigenvalue weighted by Crippen LogP contribution is 2.33. The molecule has 0 fully saturated rings. The molecule has 0 aliphatic carbocycles. The number of hydrogen-bond donors (Lipinski definition) is 0.